The second kappa shape index (κ2) is 12.8. The quantitative estimate of drug-likeness (QED) is 0.179. The van der Waals surface area contributed by atoms with E-state index in [1.165, 1.54) is 27.5 Å². The number of nitrogens with zero attached hydrogens (tertiary/aromatic N) is 1. The van der Waals surface area contributed by atoms with Gasteiger partial charge in [-0.05, 0) is 81.6 Å². The molecule has 0 amide bonds. The Kier molecular flexibility index (Phi) is 7.68. The van der Waals surface area contributed by atoms with Gasteiger partial charge in [-0.25, -0.2) is 0 Å². The van der Waals surface area contributed by atoms with E-state index in [0.717, 1.165) is 88.4 Å². The molecule has 0 atom stereocenters. The molecule has 0 aliphatic carbocycles. The zero-order valence-electron chi connectivity index (χ0n) is 34.4. The first-order chi connectivity index (χ1) is 28.5. The number of furan rings is 2. The van der Waals surface area contributed by atoms with Crippen molar-refractivity contribution in [2.45, 2.75) is 52.4 Å². The van der Waals surface area contributed by atoms with E-state index in [2.05, 4.69) is 210 Å². The average molecular weight is 764 g/mol. The number of hydrogen-bond acceptors (Lipinski definition) is 2. The molecule has 0 unspecified atom stereocenters. The highest BCUT2D eigenvalue weighted by Gasteiger charge is 2.28. The zero-order valence-corrected chi connectivity index (χ0v) is 34.4. The second-order valence-electron chi connectivity index (χ2n) is 18.2. The lowest BCUT2D eigenvalue weighted by molar-refractivity contribution is 0.590. The smallest absolute Gasteiger partial charge is 0.143 e. The lowest BCUT2D eigenvalue weighted by atomic mass is 9.82. The normalized spacial score (nSPS) is 12.6. The highest BCUT2D eigenvalue weighted by Crippen LogP contribution is 2.49. The van der Waals surface area contributed by atoms with Gasteiger partial charge in [0.2, 0.25) is 0 Å². The number of benzene rings is 8. The van der Waals surface area contributed by atoms with Crippen molar-refractivity contribution < 1.29 is 8.83 Å². The molecule has 59 heavy (non-hydrogen) atoms. The van der Waals surface area contributed by atoms with Crippen LogP contribution in [0.3, 0.4) is 0 Å². The summed E-state index contributed by atoms with van der Waals surface area (Å²) in [7, 11) is 0. The fraction of sp³-hybridized carbons (Fsp3) is 0.143. The minimum absolute atomic E-state index is 0.128. The van der Waals surface area contributed by atoms with Gasteiger partial charge in [-0.3, -0.25) is 0 Å². The average Bonchev–Trinajstić information content (AvgIpc) is 3.93. The van der Waals surface area contributed by atoms with Crippen LogP contribution in [0.5, 0.6) is 0 Å². The number of rotatable bonds is 4. The minimum atomic E-state index is -0.128. The van der Waals surface area contributed by atoms with Crippen LogP contribution in [0.1, 0.15) is 52.7 Å². The molecule has 0 spiro atoms. The van der Waals surface area contributed by atoms with E-state index >= 15 is 0 Å². The van der Waals surface area contributed by atoms with Crippen molar-refractivity contribution in [2.75, 3.05) is 0 Å². The third kappa shape index (κ3) is 5.56. The van der Waals surface area contributed by atoms with Gasteiger partial charge >= 0.3 is 0 Å². The molecule has 3 heterocycles. The summed E-state index contributed by atoms with van der Waals surface area (Å²) in [4.78, 5) is 0. The van der Waals surface area contributed by atoms with Gasteiger partial charge in [0.05, 0.1) is 11.0 Å². The molecular weight excluding hydrogens is 719 g/mol. The highest BCUT2D eigenvalue weighted by molar-refractivity contribution is 6.21. The van der Waals surface area contributed by atoms with Gasteiger partial charge in [0, 0.05) is 60.3 Å². The first-order valence-electron chi connectivity index (χ1n) is 20.7. The number of hydrogen-bond donors (Lipinski definition) is 0. The Morgan fingerprint density at radius 2 is 0.797 bits per heavy atom. The first kappa shape index (κ1) is 35.3. The Labute approximate surface area is 344 Å². The zero-order chi connectivity index (χ0) is 40.2. The highest BCUT2D eigenvalue weighted by atomic mass is 16.3. The van der Waals surface area contributed by atoms with Crippen molar-refractivity contribution in [1.82, 2.24) is 4.57 Å². The topological polar surface area (TPSA) is 31.2 Å². The Morgan fingerprint density at radius 1 is 0.356 bits per heavy atom. The molecule has 11 rings (SSSR count). The summed E-state index contributed by atoms with van der Waals surface area (Å²) in [5, 5.41) is 6.91. The Balaban J connectivity index is 1.37. The van der Waals surface area contributed by atoms with E-state index < -0.39 is 0 Å². The molecule has 0 saturated carbocycles. The largest absolute Gasteiger partial charge is 0.455 e. The standard InChI is InChI=1S/C56H45NO2/c1-55(2,3)36-30-45(43-25-15-23-41-39-21-10-12-27-49(39)58-53(41)43)51-47(32-36)48-33-37(56(4,5)6)31-46(44-26-16-24-42-40-22-11-13-28-50(40)59-54(42)44)52(48)57(51)38-20-14-19-35(29-38)34-17-8-7-9-18-34/h7-33H,1-6H3. The van der Waals surface area contributed by atoms with Crippen LogP contribution in [0.25, 0.3) is 105 Å². The van der Waals surface area contributed by atoms with Crippen LogP contribution < -0.4 is 0 Å². The van der Waals surface area contributed by atoms with Crippen molar-refractivity contribution in [2.24, 2.45) is 0 Å². The Bertz CT molecular complexity index is 3260. The van der Waals surface area contributed by atoms with Crippen LogP contribution in [-0.2, 0) is 10.8 Å². The van der Waals surface area contributed by atoms with Gasteiger partial charge in [0.1, 0.15) is 22.3 Å². The van der Waals surface area contributed by atoms with Gasteiger partial charge in [-0.2, -0.15) is 0 Å². The summed E-state index contributed by atoms with van der Waals surface area (Å²) in [6.45, 7) is 13.9. The predicted octanol–water partition coefficient (Wildman–Crippen LogP) is 16.2. The molecule has 0 saturated heterocycles. The summed E-state index contributed by atoms with van der Waals surface area (Å²) >= 11 is 0. The molecule has 0 radical (unpaired) electrons. The van der Waals surface area contributed by atoms with Crippen molar-refractivity contribution in [3.8, 4) is 39.1 Å². The lowest BCUT2D eigenvalue weighted by Gasteiger charge is -2.22. The van der Waals surface area contributed by atoms with Gasteiger partial charge < -0.3 is 13.4 Å². The van der Waals surface area contributed by atoms with E-state index in [1.807, 2.05) is 0 Å². The van der Waals surface area contributed by atoms with E-state index in [1.54, 1.807) is 0 Å². The number of para-hydroxylation sites is 4. The summed E-state index contributed by atoms with van der Waals surface area (Å²) in [6.07, 6.45) is 0. The third-order valence-corrected chi connectivity index (χ3v) is 12.3. The van der Waals surface area contributed by atoms with Crippen molar-refractivity contribution in [1.29, 1.82) is 0 Å². The van der Waals surface area contributed by atoms with Crippen LogP contribution >= 0.6 is 0 Å². The maximum Gasteiger partial charge on any atom is 0.143 e. The summed E-state index contributed by atoms with van der Waals surface area (Å²) in [5.41, 5.74) is 16.1. The third-order valence-electron chi connectivity index (χ3n) is 12.3. The van der Waals surface area contributed by atoms with Gasteiger partial charge in [-0.15, -0.1) is 0 Å². The van der Waals surface area contributed by atoms with E-state index in [4.69, 9.17) is 8.83 Å². The SMILES string of the molecule is CC(C)(C)c1cc(-c2cccc3c2oc2ccccc23)c2c(c1)c1cc(C(C)(C)C)cc(-c3cccc4c3oc3ccccc34)c1n2-c1cccc(-c2ccccc2)c1. The lowest BCUT2D eigenvalue weighted by Crippen LogP contribution is -2.11. The molecule has 0 N–H and O–H groups in total. The summed E-state index contributed by atoms with van der Waals surface area (Å²) in [5.74, 6) is 0. The first-order valence-corrected chi connectivity index (χ1v) is 20.7. The second-order valence-corrected chi connectivity index (χ2v) is 18.2. The van der Waals surface area contributed by atoms with Crippen LogP contribution in [0, 0.1) is 0 Å². The molecular formula is C56H45NO2. The number of fused-ring (bicyclic) bond motifs is 9. The Morgan fingerprint density at radius 3 is 1.31 bits per heavy atom. The van der Waals surface area contributed by atoms with Crippen molar-refractivity contribution in [3.05, 3.63) is 175 Å². The van der Waals surface area contributed by atoms with Crippen LogP contribution in [0.15, 0.2) is 173 Å². The molecule has 11 aromatic rings. The van der Waals surface area contributed by atoms with Gasteiger partial charge in [-0.1, -0.05) is 157 Å². The molecule has 3 nitrogen and oxygen atoms in total. The molecule has 0 aliphatic rings. The fourth-order valence-corrected chi connectivity index (χ4v) is 9.18. The van der Waals surface area contributed by atoms with Crippen molar-refractivity contribution >= 4 is 65.7 Å². The molecule has 0 bridgehead atoms. The Hall–Kier alpha value is -6.84. The van der Waals surface area contributed by atoms with Gasteiger partial charge in [0.15, 0.2) is 0 Å². The molecule has 286 valence electrons. The molecule has 0 fully saturated rings. The summed E-state index contributed by atoms with van der Waals surface area (Å²) < 4.78 is 16.2. The van der Waals surface area contributed by atoms with Gasteiger partial charge in [0.25, 0.3) is 0 Å². The van der Waals surface area contributed by atoms with Crippen LogP contribution in [0.4, 0.5) is 0 Å². The van der Waals surface area contributed by atoms with Crippen molar-refractivity contribution in [3.63, 3.8) is 0 Å². The fourth-order valence-electron chi connectivity index (χ4n) is 9.18. The molecule has 0 aliphatic heterocycles. The maximum absolute atomic E-state index is 6.82. The molecule has 8 aromatic carbocycles. The minimum Gasteiger partial charge on any atom is -0.455 e. The van der Waals surface area contributed by atoms with E-state index in [0.29, 0.717) is 0 Å². The van der Waals surface area contributed by atoms with E-state index in [-0.39, 0.29) is 10.8 Å². The maximum atomic E-state index is 6.82. The van der Waals surface area contributed by atoms with E-state index in [9.17, 15) is 0 Å². The molecule has 3 aromatic heterocycles. The monoisotopic (exact) mass is 763 g/mol. The predicted molar refractivity (Wildman–Crippen MR) is 249 cm³/mol. The molecule has 3 heteroatoms. The van der Waals surface area contributed by atoms with Crippen LogP contribution in [-0.4, -0.2) is 4.57 Å². The number of aromatic nitrogens is 1. The summed E-state index contributed by atoms with van der Waals surface area (Å²) in [6, 6.07) is 59.5. The van der Waals surface area contributed by atoms with Crippen LogP contribution in [0.2, 0.25) is 0 Å².